The van der Waals surface area contributed by atoms with E-state index in [1.54, 1.807) is 11.3 Å². The number of aromatic nitrogens is 1. The van der Waals surface area contributed by atoms with Gasteiger partial charge < -0.3 is 11.1 Å². The number of nitrogens with two attached hydrogens (primary N) is 1. The first-order valence-electron chi connectivity index (χ1n) is 5.66. The topological polar surface area (TPSA) is 50.9 Å². The molecule has 0 aliphatic rings. The predicted octanol–water partition coefficient (Wildman–Crippen LogP) is 3.00. The molecule has 90 valence electrons. The van der Waals surface area contributed by atoms with Crippen LogP contribution in [-0.2, 0) is 6.42 Å². The van der Waals surface area contributed by atoms with Gasteiger partial charge >= 0.3 is 0 Å². The molecule has 3 nitrogen and oxygen atoms in total. The van der Waals surface area contributed by atoms with Crippen LogP contribution in [0.3, 0.4) is 0 Å². The SMILES string of the molecule is Cc1ccc(NCCc2nc(C)cs2)c(N)c1. The maximum atomic E-state index is 5.93. The zero-order valence-electron chi connectivity index (χ0n) is 10.2. The Morgan fingerprint density at radius 1 is 1.35 bits per heavy atom. The molecule has 3 N–H and O–H groups in total. The van der Waals surface area contributed by atoms with Crippen molar-refractivity contribution >= 4 is 22.7 Å². The molecule has 2 rings (SSSR count). The van der Waals surface area contributed by atoms with Crippen LogP contribution in [0.5, 0.6) is 0 Å². The zero-order chi connectivity index (χ0) is 12.3. The highest BCUT2D eigenvalue weighted by molar-refractivity contribution is 7.09. The third-order valence-electron chi connectivity index (χ3n) is 2.53. The normalized spacial score (nSPS) is 10.5. The van der Waals surface area contributed by atoms with Crippen molar-refractivity contribution in [3.8, 4) is 0 Å². The second-order valence-corrected chi connectivity index (χ2v) is 5.09. The molecule has 0 bridgehead atoms. The van der Waals surface area contributed by atoms with E-state index in [2.05, 4.69) is 21.7 Å². The van der Waals surface area contributed by atoms with Gasteiger partial charge in [0.2, 0.25) is 0 Å². The molecule has 0 amide bonds. The van der Waals surface area contributed by atoms with E-state index in [1.807, 2.05) is 26.0 Å². The largest absolute Gasteiger partial charge is 0.397 e. The van der Waals surface area contributed by atoms with E-state index in [0.717, 1.165) is 30.0 Å². The number of nitrogens with one attached hydrogen (secondary N) is 1. The number of thiazole rings is 1. The summed E-state index contributed by atoms with van der Waals surface area (Å²) in [6, 6.07) is 6.07. The van der Waals surface area contributed by atoms with Crippen molar-refractivity contribution in [3.05, 3.63) is 39.8 Å². The maximum Gasteiger partial charge on any atom is 0.0945 e. The average molecular weight is 247 g/mol. The van der Waals surface area contributed by atoms with Crippen LogP contribution in [0.1, 0.15) is 16.3 Å². The van der Waals surface area contributed by atoms with Gasteiger partial charge in [-0.2, -0.15) is 0 Å². The van der Waals surface area contributed by atoms with Gasteiger partial charge in [0.1, 0.15) is 0 Å². The molecule has 1 heterocycles. The number of nitrogens with zero attached hydrogens (tertiary/aromatic N) is 1. The fourth-order valence-corrected chi connectivity index (χ4v) is 2.44. The first kappa shape index (κ1) is 11.9. The van der Waals surface area contributed by atoms with Crippen molar-refractivity contribution in [2.75, 3.05) is 17.6 Å². The van der Waals surface area contributed by atoms with Crippen molar-refractivity contribution in [2.24, 2.45) is 0 Å². The van der Waals surface area contributed by atoms with Gasteiger partial charge in [-0.15, -0.1) is 11.3 Å². The Balaban J connectivity index is 1.90. The Kier molecular flexibility index (Phi) is 3.64. The second kappa shape index (κ2) is 5.19. The van der Waals surface area contributed by atoms with Crippen molar-refractivity contribution in [3.63, 3.8) is 0 Å². The molecular weight excluding hydrogens is 230 g/mol. The zero-order valence-corrected chi connectivity index (χ0v) is 11.0. The lowest BCUT2D eigenvalue weighted by Crippen LogP contribution is -2.06. The number of aryl methyl sites for hydroxylation is 2. The summed E-state index contributed by atoms with van der Waals surface area (Å²) in [6.07, 6.45) is 0.936. The molecule has 0 unspecified atom stereocenters. The minimum absolute atomic E-state index is 0.806. The summed E-state index contributed by atoms with van der Waals surface area (Å²) in [5.41, 5.74) is 10.0. The van der Waals surface area contributed by atoms with Crippen LogP contribution in [0.2, 0.25) is 0 Å². The van der Waals surface area contributed by atoms with E-state index in [1.165, 1.54) is 10.6 Å². The van der Waals surface area contributed by atoms with Gasteiger partial charge in [0.25, 0.3) is 0 Å². The third-order valence-corrected chi connectivity index (χ3v) is 3.55. The Bertz CT molecular complexity index is 505. The Morgan fingerprint density at radius 2 is 2.18 bits per heavy atom. The molecule has 0 saturated carbocycles. The van der Waals surface area contributed by atoms with E-state index in [9.17, 15) is 0 Å². The summed E-state index contributed by atoms with van der Waals surface area (Å²) in [5, 5.41) is 6.59. The van der Waals surface area contributed by atoms with E-state index < -0.39 is 0 Å². The molecule has 17 heavy (non-hydrogen) atoms. The van der Waals surface area contributed by atoms with E-state index >= 15 is 0 Å². The molecule has 1 aromatic heterocycles. The quantitative estimate of drug-likeness (QED) is 0.817. The molecule has 4 heteroatoms. The van der Waals surface area contributed by atoms with Gasteiger partial charge in [-0.3, -0.25) is 0 Å². The minimum atomic E-state index is 0.806. The van der Waals surface area contributed by atoms with Crippen LogP contribution in [0, 0.1) is 13.8 Å². The molecule has 0 saturated heterocycles. The molecule has 0 atom stereocenters. The number of rotatable bonds is 4. The molecule has 2 aromatic rings. The average Bonchev–Trinajstić information content (AvgIpc) is 2.68. The van der Waals surface area contributed by atoms with E-state index in [0.29, 0.717) is 0 Å². The number of anilines is 2. The summed E-state index contributed by atoms with van der Waals surface area (Å²) in [4.78, 5) is 4.43. The summed E-state index contributed by atoms with van der Waals surface area (Å²) in [6.45, 7) is 4.92. The maximum absolute atomic E-state index is 5.93. The van der Waals surface area contributed by atoms with Gasteiger partial charge in [-0.05, 0) is 31.5 Å². The molecular formula is C13H17N3S. The van der Waals surface area contributed by atoms with Crippen molar-refractivity contribution in [2.45, 2.75) is 20.3 Å². The monoisotopic (exact) mass is 247 g/mol. The van der Waals surface area contributed by atoms with Gasteiger partial charge in [-0.25, -0.2) is 4.98 Å². The first-order valence-corrected chi connectivity index (χ1v) is 6.54. The molecule has 1 aromatic carbocycles. The summed E-state index contributed by atoms with van der Waals surface area (Å²) < 4.78 is 0. The van der Waals surface area contributed by atoms with Crippen LogP contribution < -0.4 is 11.1 Å². The lowest BCUT2D eigenvalue weighted by atomic mass is 10.2. The van der Waals surface area contributed by atoms with Crippen molar-refractivity contribution in [1.82, 2.24) is 4.98 Å². The van der Waals surface area contributed by atoms with E-state index in [4.69, 9.17) is 5.73 Å². The fraction of sp³-hybridized carbons (Fsp3) is 0.308. The summed E-state index contributed by atoms with van der Waals surface area (Å²) >= 11 is 1.71. The smallest absolute Gasteiger partial charge is 0.0945 e. The Hall–Kier alpha value is -1.55. The summed E-state index contributed by atoms with van der Waals surface area (Å²) in [7, 11) is 0. The third kappa shape index (κ3) is 3.20. The van der Waals surface area contributed by atoms with Gasteiger partial charge in [-0.1, -0.05) is 6.07 Å². The number of hydrogen-bond acceptors (Lipinski definition) is 4. The highest BCUT2D eigenvalue weighted by Gasteiger charge is 2.01. The van der Waals surface area contributed by atoms with Gasteiger partial charge in [0.15, 0.2) is 0 Å². The standard InChI is InChI=1S/C13H17N3S/c1-9-3-4-12(11(14)7-9)15-6-5-13-16-10(2)8-17-13/h3-4,7-8,15H,5-6,14H2,1-2H3. The molecule has 0 aliphatic heterocycles. The summed E-state index contributed by atoms with van der Waals surface area (Å²) in [5.74, 6) is 0. The molecule has 0 radical (unpaired) electrons. The van der Waals surface area contributed by atoms with Crippen LogP contribution in [0.25, 0.3) is 0 Å². The molecule has 0 spiro atoms. The van der Waals surface area contributed by atoms with Crippen LogP contribution in [0.4, 0.5) is 11.4 Å². The lowest BCUT2D eigenvalue weighted by molar-refractivity contribution is 0.987. The molecule has 0 fully saturated rings. The van der Waals surface area contributed by atoms with Gasteiger partial charge in [0.05, 0.1) is 16.4 Å². The minimum Gasteiger partial charge on any atom is -0.397 e. The first-order chi connectivity index (χ1) is 8.15. The molecule has 0 aliphatic carbocycles. The van der Waals surface area contributed by atoms with Crippen LogP contribution in [0.15, 0.2) is 23.6 Å². The van der Waals surface area contributed by atoms with Gasteiger partial charge in [0, 0.05) is 24.0 Å². The van der Waals surface area contributed by atoms with Crippen LogP contribution >= 0.6 is 11.3 Å². The van der Waals surface area contributed by atoms with Crippen molar-refractivity contribution in [1.29, 1.82) is 0 Å². The highest BCUT2D eigenvalue weighted by Crippen LogP contribution is 2.19. The number of benzene rings is 1. The number of nitrogen functional groups attached to an aromatic ring is 1. The highest BCUT2D eigenvalue weighted by atomic mass is 32.1. The lowest BCUT2D eigenvalue weighted by Gasteiger charge is -2.08. The number of hydrogen-bond donors (Lipinski definition) is 2. The fourth-order valence-electron chi connectivity index (χ4n) is 1.66. The Morgan fingerprint density at radius 3 is 2.82 bits per heavy atom. The van der Waals surface area contributed by atoms with Crippen LogP contribution in [-0.4, -0.2) is 11.5 Å². The predicted molar refractivity (Wildman–Crippen MR) is 74.6 cm³/mol. The Labute approximate surface area is 106 Å². The second-order valence-electron chi connectivity index (χ2n) is 4.15. The van der Waals surface area contributed by atoms with E-state index in [-0.39, 0.29) is 0 Å². The van der Waals surface area contributed by atoms with Crippen molar-refractivity contribution < 1.29 is 0 Å².